The Morgan fingerprint density at radius 1 is 0.500 bits per heavy atom. The highest BCUT2D eigenvalue weighted by Crippen LogP contribution is 2.31. The van der Waals surface area contributed by atoms with Gasteiger partial charge in [-0.2, -0.15) is 0 Å². The molecule has 8 heteroatoms. The van der Waals surface area contributed by atoms with Crippen LogP contribution in [0.25, 0.3) is 0 Å². The molecule has 0 saturated carbocycles. The normalized spacial score (nSPS) is 11.0. The number of phenolic OH excluding ortho intramolecular Hbond substituents is 4. The topological polar surface area (TPSA) is 115 Å². The quantitative estimate of drug-likeness (QED) is 0.197. The van der Waals surface area contributed by atoms with Crippen LogP contribution in [0, 0.1) is 27.7 Å². The molecule has 0 heterocycles. The predicted octanol–water partition coefficient (Wildman–Crippen LogP) is 6.89. The average Bonchev–Trinajstić information content (AvgIpc) is 2.94. The second kappa shape index (κ2) is 13.2. The number of benzene rings is 4. The minimum atomic E-state index is -1.33. The highest BCUT2D eigenvalue weighted by molar-refractivity contribution is 7.85. The molecule has 0 aromatic heterocycles. The van der Waals surface area contributed by atoms with Crippen molar-refractivity contribution in [2.75, 3.05) is 0 Å². The van der Waals surface area contributed by atoms with E-state index in [-0.39, 0.29) is 23.0 Å². The molecule has 0 aliphatic heterocycles. The first-order chi connectivity index (χ1) is 18.9. The van der Waals surface area contributed by atoms with Crippen LogP contribution in [0.5, 0.6) is 23.0 Å². The first-order valence-electron chi connectivity index (χ1n) is 13.0. The summed E-state index contributed by atoms with van der Waals surface area (Å²) in [4.78, 5) is 2.63. The molecule has 0 radical (unpaired) electrons. The van der Waals surface area contributed by atoms with Crippen molar-refractivity contribution in [2.24, 2.45) is 0 Å². The van der Waals surface area contributed by atoms with Gasteiger partial charge in [0.1, 0.15) is 23.0 Å². The fourth-order valence-electron chi connectivity index (χ4n) is 4.15. The fourth-order valence-corrected chi connectivity index (χ4v) is 6.71. The number of aromatic hydroxyl groups is 4. The van der Waals surface area contributed by atoms with Crippen LogP contribution in [0.2, 0.25) is 0 Å². The largest absolute Gasteiger partial charge is 0.508 e. The monoisotopic (exact) mass is 580 g/mol. The van der Waals surface area contributed by atoms with Gasteiger partial charge in [-0.1, -0.05) is 13.8 Å². The Kier molecular flexibility index (Phi) is 10.2. The van der Waals surface area contributed by atoms with Gasteiger partial charge in [-0.25, -0.2) is 8.42 Å². The second-order valence-corrected chi connectivity index (χ2v) is 12.6. The van der Waals surface area contributed by atoms with Gasteiger partial charge in [0.2, 0.25) is 0 Å². The third-order valence-corrected chi connectivity index (χ3v) is 9.35. The molecular weight excluding hydrogens is 544 g/mol. The number of aryl methyl sites for hydroxylation is 6. The van der Waals surface area contributed by atoms with E-state index in [4.69, 9.17) is 0 Å². The Hall–Kier alpha value is -3.62. The standard InChI is InChI=1S/C18H22O3S.C14H14O3S/c1-5-13-9-15(7-11(3)17(13)19)22(21)16-8-12(4)18(20)14(6-2)10-16;1-9-7-11(3-5-13(9)15)18(17)12-4-6-14(16)10(2)8-12/h7-10,19-20H,5-6H2,1-4H3;3-8,15-16H,1-2H3. The third kappa shape index (κ3) is 6.92. The molecule has 0 aliphatic carbocycles. The van der Waals surface area contributed by atoms with Gasteiger partial charge in [-0.15, -0.1) is 0 Å². The molecule has 0 spiro atoms. The lowest BCUT2D eigenvalue weighted by Crippen LogP contribution is -1.98. The molecule has 0 saturated heterocycles. The second-order valence-electron chi connectivity index (χ2n) is 9.64. The summed E-state index contributed by atoms with van der Waals surface area (Å²) in [6.45, 7) is 11.1. The van der Waals surface area contributed by atoms with E-state index < -0.39 is 21.6 Å². The predicted molar refractivity (Wildman–Crippen MR) is 159 cm³/mol. The number of hydrogen-bond acceptors (Lipinski definition) is 6. The molecule has 0 fully saturated rings. The van der Waals surface area contributed by atoms with Crippen LogP contribution < -0.4 is 0 Å². The Morgan fingerprint density at radius 2 is 0.825 bits per heavy atom. The van der Waals surface area contributed by atoms with Gasteiger partial charge in [0.25, 0.3) is 0 Å². The lowest BCUT2D eigenvalue weighted by Gasteiger charge is -2.12. The van der Waals surface area contributed by atoms with Gasteiger partial charge in [0.05, 0.1) is 21.6 Å². The van der Waals surface area contributed by atoms with E-state index in [1.165, 1.54) is 12.1 Å². The smallest absolute Gasteiger partial charge is 0.121 e. The van der Waals surface area contributed by atoms with Gasteiger partial charge in [-0.05, 0) is 135 Å². The van der Waals surface area contributed by atoms with E-state index in [0.717, 1.165) is 22.3 Å². The molecule has 40 heavy (non-hydrogen) atoms. The van der Waals surface area contributed by atoms with Crippen LogP contribution >= 0.6 is 0 Å². The van der Waals surface area contributed by atoms with Crippen LogP contribution in [0.3, 0.4) is 0 Å². The maximum absolute atomic E-state index is 12.9. The summed E-state index contributed by atoms with van der Waals surface area (Å²) < 4.78 is 25.2. The van der Waals surface area contributed by atoms with E-state index in [9.17, 15) is 28.8 Å². The SMILES string of the molecule is CCc1cc(S(=O)c2cc(C)c(O)c(CC)c2)cc(C)c1O.Cc1cc(S(=O)c2ccc(O)c(C)c2)ccc1O. The first-order valence-corrected chi connectivity index (χ1v) is 15.3. The van der Waals surface area contributed by atoms with Crippen molar-refractivity contribution in [1.29, 1.82) is 0 Å². The Morgan fingerprint density at radius 3 is 1.15 bits per heavy atom. The molecule has 0 unspecified atom stereocenters. The molecule has 0 aliphatic rings. The summed E-state index contributed by atoms with van der Waals surface area (Å²) in [5, 5.41) is 38.9. The summed E-state index contributed by atoms with van der Waals surface area (Å²) in [5.41, 5.74) is 4.44. The Bertz CT molecular complexity index is 1480. The zero-order valence-corrected chi connectivity index (χ0v) is 25.2. The third-order valence-electron chi connectivity index (χ3n) is 6.66. The molecule has 0 bridgehead atoms. The van der Waals surface area contributed by atoms with Crippen LogP contribution in [-0.2, 0) is 34.4 Å². The zero-order valence-electron chi connectivity index (χ0n) is 23.6. The fraction of sp³-hybridized carbons (Fsp3) is 0.250. The van der Waals surface area contributed by atoms with Crippen molar-refractivity contribution in [1.82, 2.24) is 0 Å². The number of rotatable bonds is 6. The lowest BCUT2D eigenvalue weighted by atomic mass is 10.1. The minimum absolute atomic E-state index is 0.192. The maximum Gasteiger partial charge on any atom is 0.121 e. The average molecular weight is 581 g/mol. The van der Waals surface area contributed by atoms with Crippen LogP contribution in [0.4, 0.5) is 0 Å². The van der Waals surface area contributed by atoms with E-state index in [1.807, 2.05) is 27.7 Å². The van der Waals surface area contributed by atoms with Crippen molar-refractivity contribution in [3.05, 3.63) is 94.0 Å². The van der Waals surface area contributed by atoms with Crippen LogP contribution in [0.15, 0.2) is 80.2 Å². The van der Waals surface area contributed by atoms with Gasteiger partial charge in [0.15, 0.2) is 0 Å². The molecule has 6 nitrogen and oxygen atoms in total. The zero-order chi connectivity index (χ0) is 29.7. The van der Waals surface area contributed by atoms with E-state index >= 15 is 0 Å². The molecular formula is C32H36O6S2. The van der Waals surface area contributed by atoms with Gasteiger partial charge < -0.3 is 20.4 Å². The van der Waals surface area contributed by atoms with Crippen LogP contribution in [0.1, 0.15) is 47.2 Å². The van der Waals surface area contributed by atoms with Gasteiger partial charge in [0, 0.05) is 19.6 Å². The van der Waals surface area contributed by atoms with Crippen molar-refractivity contribution in [3.8, 4) is 23.0 Å². The summed E-state index contributed by atoms with van der Waals surface area (Å²) in [6, 6.07) is 16.9. The summed E-state index contributed by atoms with van der Waals surface area (Å²) >= 11 is 0. The van der Waals surface area contributed by atoms with E-state index in [2.05, 4.69) is 0 Å². The first kappa shape index (κ1) is 30.9. The van der Waals surface area contributed by atoms with Gasteiger partial charge >= 0.3 is 0 Å². The maximum atomic E-state index is 12.9. The van der Waals surface area contributed by atoms with E-state index in [0.29, 0.717) is 43.6 Å². The summed E-state index contributed by atoms with van der Waals surface area (Å²) in [6.07, 6.45) is 1.37. The number of hydrogen-bond donors (Lipinski definition) is 4. The van der Waals surface area contributed by atoms with Crippen molar-refractivity contribution in [2.45, 2.75) is 74.0 Å². The molecule has 0 amide bonds. The van der Waals surface area contributed by atoms with Gasteiger partial charge in [-0.3, -0.25) is 0 Å². The van der Waals surface area contributed by atoms with Crippen molar-refractivity contribution in [3.63, 3.8) is 0 Å². The molecule has 4 N–H and O–H groups in total. The van der Waals surface area contributed by atoms with E-state index in [1.54, 1.807) is 62.4 Å². The Labute approximate surface area is 240 Å². The lowest BCUT2D eigenvalue weighted by molar-refractivity contribution is 0.463. The molecule has 212 valence electrons. The summed E-state index contributed by atoms with van der Waals surface area (Å²) in [7, 11) is -2.64. The Balaban J connectivity index is 0.000000225. The molecule has 4 aromatic rings. The highest BCUT2D eigenvalue weighted by atomic mass is 32.2. The van der Waals surface area contributed by atoms with Crippen molar-refractivity contribution >= 4 is 21.6 Å². The van der Waals surface area contributed by atoms with Crippen molar-refractivity contribution < 1.29 is 28.8 Å². The highest BCUT2D eigenvalue weighted by Gasteiger charge is 2.15. The number of phenols is 4. The molecule has 4 aromatic carbocycles. The summed E-state index contributed by atoms with van der Waals surface area (Å²) in [5.74, 6) is 0.939. The minimum Gasteiger partial charge on any atom is -0.508 e. The molecule has 4 rings (SSSR count). The molecule has 0 atom stereocenters. The van der Waals surface area contributed by atoms with Crippen LogP contribution in [-0.4, -0.2) is 28.8 Å².